The van der Waals surface area contributed by atoms with E-state index in [0.717, 1.165) is 11.1 Å². The fourth-order valence-corrected chi connectivity index (χ4v) is 4.05. The lowest BCUT2D eigenvalue weighted by Crippen LogP contribution is -2.35. The molecular formula is C28H36N2O4. The molecule has 1 aliphatic rings. The van der Waals surface area contributed by atoms with Crippen molar-refractivity contribution in [3.05, 3.63) is 70.8 Å². The number of aliphatic hydroxyl groups excluding tert-OH is 1. The van der Waals surface area contributed by atoms with Crippen molar-refractivity contribution in [2.24, 2.45) is 0 Å². The third kappa shape index (κ3) is 5.50. The monoisotopic (exact) mass is 464 g/mol. The van der Waals surface area contributed by atoms with Crippen molar-refractivity contribution < 1.29 is 19.4 Å². The Bertz CT molecular complexity index is 1060. The maximum Gasteiger partial charge on any atom is 0.295 e. The number of nitrogens with zero attached hydrogens (tertiary/aromatic N) is 2. The zero-order valence-electron chi connectivity index (χ0n) is 21.3. The second-order valence-electron chi connectivity index (χ2n) is 10.4. The van der Waals surface area contributed by atoms with E-state index < -0.39 is 17.7 Å². The van der Waals surface area contributed by atoms with Crippen molar-refractivity contribution in [1.29, 1.82) is 0 Å². The minimum absolute atomic E-state index is 0.0228. The van der Waals surface area contributed by atoms with E-state index in [-0.39, 0.29) is 22.9 Å². The maximum atomic E-state index is 13.2. The normalized spacial score (nSPS) is 18.3. The molecule has 2 aromatic rings. The summed E-state index contributed by atoms with van der Waals surface area (Å²) in [5.41, 5.74) is 2.52. The van der Waals surface area contributed by atoms with Gasteiger partial charge in [-0.3, -0.25) is 9.59 Å². The summed E-state index contributed by atoms with van der Waals surface area (Å²) in [6.45, 7) is 11.3. The molecule has 1 fully saturated rings. The summed E-state index contributed by atoms with van der Waals surface area (Å²) < 4.78 is 5.68. The molecule has 182 valence electrons. The van der Waals surface area contributed by atoms with Gasteiger partial charge in [0.1, 0.15) is 11.5 Å². The molecule has 6 heteroatoms. The highest BCUT2D eigenvalue weighted by Gasteiger charge is 2.45. The zero-order valence-corrected chi connectivity index (χ0v) is 21.3. The van der Waals surface area contributed by atoms with Crippen LogP contribution in [0.1, 0.15) is 57.4 Å². The van der Waals surface area contributed by atoms with Gasteiger partial charge in [-0.25, -0.2) is 0 Å². The summed E-state index contributed by atoms with van der Waals surface area (Å²) in [4.78, 5) is 29.7. The van der Waals surface area contributed by atoms with Crippen LogP contribution in [0.2, 0.25) is 0 Å². The molecule has 1 saturated heterocycles. The SMILES string of the molecule is CC(C)Oc1ccc(/C(O)=C2/C(=O)C(=O)N(CCN(C)C)C2c2ccc(C(C)(C)C)cc2)cc1. The van der Waals surface area contributed by atoms with Gasteiger partial charge >= 0.3 is 0 Å². The largest absolute Gasteiger partial charge is 0.507 e. The summed E-state index contributed by atoms with van der Waals surface area (Å²) in [5.74, 6) is -0.754. The summed E-state index contributed by atoms with van der Waals surface area (Å²) in [6.07, 6.45) is 0.0255. The van der Waals surface area contributed by atoms with E-state index in [9.17, 15) is 14.7 Å². The van der Waals surface area contributed by atoms with E-state index in [1.807, 2.05) is 57.1 Å². The molecule has 3 rings (SSSR count). The van der Waals surface area contributed by atoms with Gasteiger partial charge in [-0.2, -0.15) is 0 Å². The number of benzene rings is 2. The van der Waals surface area contributed by atoms with Crippen molar-refractivity contribution >= 4 is 17.4 Å². The molecule has 0 aliphatic carbocycles. The average Bonchev–Trinajstić information content (AvgIpc) is 3.01. The predicted octanol–water partition coefficient (Wildman–Crippen LogP) is 4.75. The number of hydrogen-bond donors (Lipinski definition) is 1. The smallest absolute Gasteiger partial charge is 0.295 e. The van der Waals surface area contributed by atoms with Crippen molar-refractivity contribution in [2.45, 2.75) is 52.2 Å². The van der Waals surface area contributed by atoms with Gasteiger partial charge in [-0.1, -0.05) is 45.0 Å². The number of aliphatic hydroxyl groups is 1. The Morgan fingerprint density at radius 2 is 1.62 bits per heavy atom. The van der Waals surface area contributed by atoms with Crippen LogP contribution in [-0.4, -0.2) is 59.9 Å². The van der Waals surface area contributed by atoms with Crippen LogP contribution in [0, 0.1) is 0 Å². The fraction of sp³-hybridized carbons (Fsp3) is 0.429. The first-order valence-electron chi connectivity index (χ1n) is 11.7. The summed E-state index contributed by atoms with van der Waals surface area (Å²) >= 11 is 0. The van der Waals surface area contributed by atoms with Gasteiger partial charge in [-0.05, 0) is 68.8 Å². The number of hydrogen-bond acceptors (Lipinski definition) is 5. The maximum absolute atomic E-state index is 13.2. The molecule has 1 heterocycles. The number of likely N-dealkylation sites (N-methyl/N-ethyl adjacent to an activating group) is 1. The van der Waals surface area contributed by atoms with Crippen LogP contribution in [0.3, 0.4) is 0 Å². The Labute approximate surface area is 202 Å². The molecule has 6 nitrogen and oxygen atoms in total. The Hall–Kier alpha value is -3.12. The lowest BCUT2D eigenvalue weighted by atomic mass is 9.85. The van der Waals surface area contributed by atoms with Crippen LogP contribution in [0.25, 0.3) is 5.76 Å². The molecule has 1 amide bonds. The number of ether oxygens (including phenoxy) is 1. The molecule has 0 radical (unpaired) electrons. The number of carbonyl (C=O) groups excluding carboxylic acids is 2. The van der Waals surface area contributed by atoms with Gasteiger partial charge < -0.3 is 19.6 Å². The van der Waals surface area contributed by atoms with E-state index in [2.05, 4.69) is 20.8 Å². The van der Waals surface area contributed by atoms with Gasteiger partial charge in [0.25, 0.3) is 11.7 Å². The minimum atomic E-state index is -0.663. The number of Topliss-reactive ketones (excluding diaryl/α,β-unsaturated/α-hetero) is 1. The first kappa shape index (κ1) is 25.5. The standard InChI is InChI=1S/C28H36N2O4/c1-18(2)34-22-14-10-20(11-15-22)25(31)23-24(19-8-12-21(13-9-19)28(3,4)5)30(17-16-29(6)7)27(33)26(23)32/h8-15,18,24,31H,16-17H2,1-7H3/b25-23-. The third-order valence-electron chi connectivity index (χ3n) is 5.92. The molecule has 0 aromatic heterocycles. The highest BCUT2D eigenvalue weighted by atomic mass is 16.5. The van der Waals surface area contributed by atoms with Gasteiger partial charge in [0.2, 0.25) is 0 Å². The van der Waals surface area contributed by atoms with Crippen molar-refractivity contribution in [3.8, 4) is 5.75 Å². The van der Waals surface area contributed by atoms with Crippen LogP contribution in [0.4, 0.5) is 0 Å². The molecule has 1 unspecified atom stereocenters. The Morgan fingerprint density at radius 1 is 1.03 bits per heavy atom. The molecular weight excluding hydrogens is 428 g/mol. The average molecular weight is 465 g/mol. The molecule has 34 heavy (non-hydrogen) atoms. The van der Waals surface area contributed by atoms with E-state index in [1.54, 1.807) is 29.2 Å². The first-order valence-corrected chi connectivity index (χ1v) is 11.7. The van der Waals surface area contributed by atoms with Crippen LogP contribution in [-0.2, 0) is 15.0 Å². The molecule has 2 aromatic carbocycles. The Morgan fingerprint density at radius 3 is 2.12 bits per heavy atom. The lowest BCUT2D eigenvalue weighted by molar-refractivity contribution is -0.140. The molecule has 1 atom stereocenters. The number of rotatable bonds is 7. The number of amides is 1. The van der Waals surface area contributed by atoms with E-state index >= 15 is 0 Å². The molecule has 1 aliphatic heterocycles. The van der Waals surface area contributed by atoms with E-state index in [0.29, 0.717) is 24.4 Å². The molecule has 1 N–H and O–H groups in total. The molecule has 0 spiro atoms. The summed E-state index contributed by atoms with van der Waals surface area (Å²) in [5, 5.41) is 11.2. The summed E-state index contributed by atoms with van der Waals surface area (Å²) in [7, 11) is 3.84. The predicted molar refractivity (Wildman–Crippen MR) is 135 cm³/mol. The topological polar surface area (TPSA) is 70.1 Å². The number of ketones is 1. The van der Waals surface area contributed by atoms with Crippen LogP contribution < -0.4 is 4.74 Å². The van der Waals surface area contributed by atoms with Gasteiger partial charge in [0.15, 0.2) is 0 Å². The Kier molecular flexibility index (Phi) is 7.51. The number of carbonyl (C=O) groups is 2. The van der Waals surface area contributed by atoms with E-state index in [4.69, 9.17) is 4.74 Å². The molecule has 0 bridgehead atoms. The highest BCUT2D eigenvalue weighted by Crippen LogP contribution is 2.40. The lowest BCUT2D eigenvalue weighted by Gasteiger charge is -2.27. The van der Waals surface area contributed by atoms with Crippen LogP contribution in [0.5, 0.6) is 5.75 Å². The van der Waals surface area contributed by atoms with Gasteiger partial charge in [0, 0.05) is 18.7 Å². The third-order valence-corrected chi connectivity index (χ3v) is 5.92. The second kappa shape index (κ2) is 10.0. The van der Waals surface area contributed by atoms with Gasteiger partial charge in [-0.15, -0.1) is 0 Å². The quantitative estimate of drug-likeness (QED) is 0.364. The number of likely N-dealkylation sites (tertiary alicyclic amines) is 1. The second-order valence-corrected chi connectivity index (χ2v) is 10.4. The van der Waals surface area contributed by atoms with Crippen molar-refractivity contribution in [2.75, 3.05) is 27.2 Å². The zero-order chi connectivity index (χ0) is 25.2. The van der Waals surface area contributed by atoms with Gasteiger partial charge in [0.05, 0.1) is 17.7 Å². The van der Waals surface area contributed by atoms with Crippen LogP contribution in [0.15, 0.2) is 54.1 Å². The minimum Gasteiger partial charge on any atom is -0.507 e. The molecule has 0 saturated carbocycles. The fourth-order valence-electron chi connectivity index (χ4n) is 4.05. The van der Waals surface area contributed by atoms with Crippen LogP contribution >= 0.6 is 0 Å². The first-order chi connectivity index (χ1) is 15.9. The van der Waals surface area contributed by atoms with Crippen molar-refractivity contribution in [1.82, 2.24) is 9.80 Å². The Balaban J connectivity index is 2.08. The van der Waals surface area contributed by atoms with E-state index in [1.165, 1.54) is 0 Å². The van der Waals surface area contributed by atoms with Crippen molar-refractivity contribution in [3.63, 3.8) is 0 Å². The highest BCUT2D eigenvalue weighted by molar-refractivity contribution is 6.46. The summed E-state index contributed by atoms with van der Waals surface area (Å²) in [6, 6.07) is 14.2.